The zero-order valence-corrected chi connectivity index (χ0v) is 18.0. The summed E-state index contributed by atoms with van der Waals surface area (Å²) in [6.07, 6.45) is 2.01. The van der Waals surface area contributed by atoms with Gasteiger partial charge in [0.25, 0.3) is 5.91 Å². The molecule has 3 aromatic carbocycles. The fraction of sp³-hybridized carbons (Fsp3) is 0.240. The Labute approximate surface area is 182 Å². The molecule has 0 heterocycles. The average molecular weight is 421 g/mol. The normalized spacial score (nSPS) is 10.3. The van der Waals surface area contributed by atoms with Crippen LogP contribution < -0.4 is 24.3 Å². The van der Waals surface area contributed by atoms with Crippen LogP contribution in [-0.2, 0) is 0 Å². The summed E-state index contributed by atoms with van der Waals surface area (Å²) in [5, 5.41) is 2.88. The highest BCUT2D eigenvalue weighted by molar-refractivity contribution is 6.04. The molecule has 3 rings (SSSR count). The highest BCUT2D eigenvalue weighted by Gasteiger charge is 2.12. The molecule has 0 fully saturated rings. The van der Waals surface area contributed by atoms with Crippen molar-refractivity contribution in [2.45, 2.75) is 19.8 Å². The molecule has 0 saturated heterocycles. The highest BCUT2D eigenvalue weighted by atomic mass is 16.5. The van der Waals surface area contributed by atoms with E-state index in [1.165, 1.54) is 0 Å². The Bertz CT molecular complexity index is 984. The third-order valence-electron chi connectivity index (χ3n) is 4.59. The van der Waals surface area contributed by atoms with E-state index in [9.17, 15) is 4.79 Å². The van der Waals surface area contributed by atoms with E-state index in [1.807, 2.05) is 24.3 Å². The van der Waals surface area contributed by atoms with E-state index in [4.69, 9.17) is 18.9 Å². The predicted molar refractivity (Wildman–Crippen MR) is 121 cm³/mol. The molecule has 0 spiro atoms. The lowest BCUT2D eigenvalue weighted by Gasteiger charge is -2.12. The van der Waals surface area contributed by atoms with Crippen LogP contribution >= 0.6 is 0 Å². The molecule has 0 aromatic heterocycles. The molecule has 0 radical (unpaired) electrons. The van der Waals surface area contributed by atoms with E-state index in [1.54, 1.807) is 56.7 Å². The number of methoxy groups -OCH3 is 2. The maximum Gasteiger partial charge on any atom is 0.255 e. The summed E-state index contributed by atoms with van der Waals surface area (Å²) in [4.78, 5) is 12.6. The molecular formula is C25H27NO5. The average Bonchev–Trinajstić information content (AvgIpc) is 2.81. The number of rotatable bonds is 10. The van der Waals surface area contributed by atoms with Gasteiger partial charge in [-0.1, -0.05) is 13.3 Å². The Balaban J connectivity index is 1.62. The van der Waals surface area contributed by atoms with Gasteiger partial charge in [0.05, 0.1) is 20.8 Å². The summed E-state index contributed by atoms with van der Waals surface area (Å²) in [6.45, 7) is 2.72. The van der Waals surface area contributed by atoms with Gasteiger partial charge in [-0.15, -0.1) is 0 Å². The van der Waals surface area contributed by atoms with Crippen molar-refractivity contribution in [1.29, 1.82) is 0 Å². The van der Waals surface area contributed by atoms with E-state index >= 15 is 0 Å². The van der Waals surface area contributed by atoms with Crippen LogP contribution in [0, 0.1) is 0 Å². The van der Waals surface area contributed by atoms with Crippen molar-refractivity contribution in [3.8, 4) is 28.7 Å². The van der Waals surface area contributed by atoms with Crippen molar-refractivity contribution in [2.24, 2.45) is 0 Å². The SMILES string of the molecule is CCCCOc1ccc(C(=O)Nc2ccc(Oc3ccc(OC)cc3)cc2)cc1OC. The third-order valence-corrected chi connectivity index (χ3v) is 4.59. The van der Waals surface area contributed by atoms with Crippen molar-refractivity contribution < 1.29 is 23.7 Å². The van der Waals surface area contributed by atoms with Crippen LogP contribution in [-0.4, -0.2) is 26.7 Å². The molecule has 0 saturated carbocycles. The smallest absolute Gasteiger partial charge is 0.255 e. The van der Waals surface area contributed by atoms with Crippen molar-refractivity contribution in [1.82, 2.24) is 0 Å². The van der Waals surface area contributed by atoms with E-state index in [0.29, 0.717) is 40.9 Å². The van der Waals surface area contributed by atoms with Gasteiger partial charge in [0.1, 0.15) is 17.2 Å². The number of anilines is 1. The van der Waals surface area contributed by atoms with Crippen LogP contribution in [0.5, 0.6) is 28.7 Å². The Hall–Kier alpha value is -3.67. The largest absolute Gasteiger partial charge is 0.497 e. The summed E-state index contributed by atoms with van der Waals surface area (Å²) in [5.41, 5.74) is 1.15. The standard InChI is InChI=1S/C25H27NO5/c1-4-5-16-30-23-15-6-18(17-24(23)29-3)25(27)26-19-7-9-21(10-8-19)31-22-13-11-20(28-2)12-14-22/h6-15,17H,4-5,16H2,1-3H3,(H,26,27). The first kappa shape index (κ1) is 22.0. The highest BCUT2D eigenvalue weighted by Crippen LogP contribution is 2.29. The van der Waals surface area contributed by atoms with Gasteiger partial charge in [0, 0.05) is 11.3 Å². The summed E-state index contributed by atoms with van der Waals surface area (Å²) >= 11 is 0. The number of nitrogens with one attached hydrogen (secondary N) is 1. The Morgan fingerprint density at radius 3 is 2.06 bits per heavy atom. The summed E-state index contributed by atoms with van der Waals surface area (Å²) in [5.74, 6) is 3.06. The minimum absolute atomic E-state index is 0.234. The molecule has 0 aliphatic carbocycles. The van der Waals surface area contributed by atoms with Crippen molar-refractivity contribution in [2.75, 3.05) is 26.1 Å². The molecular weight excluding hydrogens is 394 g/mol. The van der Waals surface area contributed by atoms with Crippen LogP contribution in [0.15, 0.2) is 66.7 Å². The maximum absolute atomic E-state index is 12.6. The molecule has 1 amide bonds. The number of hydrogen-bond acceptors (Lipinski definition) is 5. The number of benzene rings is 3. The van der Waals surface area contributed by atoms with Gasteiger partial charge in [-0.2, -0.15) is 0 Å². The van der Waals surface area contributed by atoms with Crippen LogP contribution in [0.1, 0.15) is 30.1 Å². The minimum atomic E-state index is -0.234. The van der Waals surface area contributed by atoms with Crippen LogP contribution in [0.25, 0.3) is 0 Å². The van der Waals surface area contributed by atoms with Crippen molar-refractivity contribution in [3.63, 3.8) is 0 Å². The molecule has 6 heteroatoms. The first-order valence-corrected chi connectivity index (χ1v) is 10.2. The number of amides is 1. The third kappa shape index (κ3) is 6.15. The molecule has 162 valence electrons. The monoisotopic (exact) mass is 421 g/mol. The Morgan fingerprint density at radius 1 is 0.806 bits per heavy atom. The van der Waals surface area contributed by atoms with Gasteiger partial charge in [0.2, 0.25) is 0 Å². The molecule has 0 aliphatic heterocycles. The number of carbonyl (C=O) groups is 1. The molecule has 0 bridgehead atoms. The lowest BCUT2D eigenvalue weighted by Crippen LogP contribution is -2.12. The van der Waals surface area contributed by atoms with Crippen LogP contribution in [0.2, 0.25) is 0 Å². The molecule has 6 nitrogen and oxygen atoms in total. The van der Waals surface area contributed by atoms with Crippen LogP contribution in [0.3, 0.4) is 0 Å². The molecule has 1 N–H and O–H groups in total. The van der Waals surface area contributed by atoms with Crippen LogP contribution in [0.4, 0.5) is 5.69 Å². The molecule has 0 aliphatic rings. The van der Waals surface area contributed by atoms with Gasteiger partial charge < -0.3 is 24.3 Å². The maximum atomic E-state index is 12.6. The van der Waals surface area contributed by atoms with E-state index < -0.39 is 0 Å². The quantitative estimate of drug-likeness (QED) is 0.411. The predicted octanol–water partition coefficient (Wildman–Crippen LogP) is 5.93. The van der Waals surface area contributed by atoms with E-state index in [2.05, 4.69) is 12.2 Å². The number of carbonyl (C=O) groups excluding carboxylic acids is 1. The first-order valence-electron chi connectivity index (χ1n) is 10.2. The number of hydrogen-bond donors (Lipinski definition) is 1. The van der Waals surface area contributed by atoms with Crippen molar-refractivity contribution in [3.05, 3.63) is 72.3 Å². The minimum Gasteiger partial charge on any atom is -0.497 e. The second kappa shape index (κ2) is 10.9. The molecule has 0 atom stereocenters. The summed E-state index contributed by atoms with van der Waals surface area (Å²) in [7, 11) is 3.18. The fourth-order valence-electron chi connectivity index (χ4n) is 2.84. The summed E-state index contributed by atoms with van der Waals surface area (Å²) in [6, 6.07) is 19.7. The number of ether oxygens (including phenoxy) is 4. The Kier molecular flexibility index (Phi) is 7.76. The second-order valence-electron chi connectivity index (χ2n) is 6.82. The van der Waals surface area contributed by atoms with E-state index in [-0.39, 0.29) is 5.91 Å². The lowest BCUT2D eigenvalue weighted by molar-refractivity contribution is 0.102. The summed E-state index contributed by atoms with van der Waals surface area (Å²) < 4.78 is 22.0. The lowest BCUT2D eigenvalue weighted by atomic mass is 10.1. The molecule has 0 unspecified atom stereocenters. The van der Waals surface area contributed by atoms with Crippen molar-refractivity contribution >= 4 is 11.6 Å². The zero-order chi connectivity index (χ0) is 22.1. The van der Waals surface area contributed by atoms with Gasteiger partial charge in [-0.3, -0.25) is 4.79 Å². The molecule has 3 aromatic rings. The fourth-order valence-corrected chi connectivity index (χ4v) is 2.84. The second-order valence-corrected chi connectivity index (χ2v) is 6.82. The van der Waals surface area contributed by atoms with Gasteiger partial charge in [0.15, 0.2) is 11.5 Å². The zero-order valence-electron chi connectivity index (χ0n) is 18.0. The Morgan fingerprint density at radius 2 is 1.45 bits per heavy atom. The first-order chi connectivity index (χ1) is 15.1. The van der Waals surface area contributed by atoms with E-state index in [0.717, 1.165) is 18.6 Å². The number of unbranched alkanes of at least 4 members (excludes halogenated alkanes) is 1. The van der Waals surface area contributed by atoms with Gasteiger partial charge >= 0.3 is 0 Å². The topological polar surface area (TPSA) is 66.0 Å². The molecule has 31 heavy (non-hydrogen) atoms. The van der Waals surface area contributed by atoms with Gasteiger partial charge in [-0.05, 0) is 73.2 Å². The van der Waals surface area contributed by atoms with Gasteiger partial charge in [-0.25, -0.2) is 0 Å².